The molecule has 3 saturated heterocycles. The number of amides is 1. The highest BCUT2D eigenvalue weighted by molar-refractivity contribution is 5.76. The molecule has 0 bridgehead atoms. The van der Waals surface area contributed by atoms with E-state index in [1.165, 1.54) is 0 Å². The molecule has 1 amide bonds. The SMILES string of the molecule is O=C(O)CCCCCC(=O)NCc1cccc(-c2cccc(C3OC(CN4CCC5(CC4)OCCO5)CC(c4ccc(CO)cc4)O3)c2)c1. The van der Waals surface area contributed by atoms with Gasteiger partial charge in [0.05, 0.1) is 32.0 Å². The maximum atomic E-state index is 12.4. The van der Waals surface area contributed by atoms with Gasteiger partial charge in [-0.05, 0) is 52.8 Å². The minimum Gasteiger partial charge on any atom is -0.481 e. The third-order valence-corrected chi connectivity index (χ3v) is 9.71. The molecule has 3 N–H and O–H groups in total. The van der Waals surface area contributed by atoms with E-state index in [1.807, 2.05) is 48.5 Å². The van der Waals surface area contributed by atoms with Crippen molar-refractivity contribution < 1.29 is 38.7 Å². The maximum Gasteiger partial charge on any atom is 0.303 e. The molecule has 0 aromatic heterocycles. The van der Waals surface area contributed by atoms with Crippen molar-refractivity contribution in [1.82, 2.24) is 10.2 Å². The lowest BCUT2D eigenvalue weighted by Gasteiger charge is -2.41. The number of carboxylic acids is 1. The second-order valence-electron chi connectivity index (χ2n) is 13.3. The summed E-state index contributed by atoms with van der Waals surface area (Å²) in [5.41, 5.74) is 5.92. The molecule has 3 heterocycles. The van der Waals surface area contributed by atoms with Crippen molar-refractivity contribution in [2.75, 3.05) is 32.8 Å². The fraction of sp³-hybridized carbons (Fsp3) is 0.487. The molecule has 3 atom stereocenters. The van der Waals surface area contributed by atoms with Crippen LogP contribution in [0, 0.1) is 0 Å². The smallest absolute Gasteiger partial charge is 0.303 e. The number of nitrogens with one attached hydrogen (secondary N) is 1. The first kappa shape index (κ1) is 35.2. The Morgan fingerprint density at radius 3 is 2.27 bits per heavy atom. The molecule has 0 aliphatic carbocycles. The molecule has 0 saturated carbocycles. The van der Waals surface area contributed by atoms with Crippen LogP contribution in [0.1, 0.15) is 86.0 Å². The van der Waals surface area contributed by atoms with Crippen molar-refractivity contribution in [2.45, 2.75) is 88.8 Å². The van der Waals surface area contributed by atoms with Gasteiger partial charge >= 0.3 is 5.97 Å². The number of ether oxygens (including phenoxy) is 4. The van der Waals surface area contributed by atoms with Gasteiger partial charge in [0.1, 0.15) is 0 Å². The Bertz CT molecular complexity index is 1530. The number of nitrogens with zero attached hydrogens (tertiary/aromatic N) is 1. The molecule has 3 aliphatic rings. The first-order chi connectivity index (χ1) is 23.9. The molecular formula is C39H48N2O8. The summed E-state index contributed by atoms with van der Waals surface area (Å²) < 4.78 is 25.2. The lowest BCUT2D eigenvalue weighted by atomic mass is 9.97. The molecule has 10 heteroatoms. The number of carbonyl (C=O) groups excluding carboxylic acids is 1. The van der Waals surface area contributed by atoms with Crippen molar-refractivity contribution in [3.63, 3.8) is 0 Å². The molecule has 1 spiro atoms. The fourth-order valence-corrected chi connectivity index (χ4v) is 6.94. The molecule has 3 aliphatic heterocycles. The van der Waals surface area contributed by atoms with Gasteiger partial charge < -0.3 is 39.4 Å². The van der Waals surface area contributed by atoms with Gasteiger partial charge in [-0.2, -0.15) is 0 Å². The zero-order valence-corrected chi connectivity index (χ0v) is 28.1. The van der Waals surface area contributed by atoms with E-state index >= 15 is 0 Å². The first-order valence-electron chi connectivity index (χ1n) is 17.6. The van der Waals surface area contributed by atoms with Crippen LogP contribution >= 0.6 is 0 Å². The number of aliphatic hydroxyl groups excluding tert-OH is 1. The molecule has 6 rings (SSSR count). The van der Waals surface area contributed by atoms with E-state index in [0.717, 1.165) is 78.7 Å². The Balaban J connectivity index is 1.11. The molecule has 3 aromatic rings. The maximum absolute atomic E-state index is 12.4. The van der Waals surface area contributed by atoms with E-state index < -0.39 is 18.0 Å². The summed E-state index contributed by atoms with van der Waals surface area (Å²) in [6.07, 6.45) is 4.17. The first-order valence-corrected chi connectivity index (χ1v) is 17.6. The van der Waals surface area contributed by atoms with Crippen molar-refractivity contribution in [1.29, 1.82) is 0 Å². The second kappa shape index (κ2) is 16.8. The van der Waals surface area contributed by atoms with E-state index in [-0.39, 0.29) is 31.1 Å². The summed E-state index contributed by atoms with van der Waals surface area (Å²) in [5, 5.41) is 21.3. The molecular weight excluding hydrogens is 624 g/mol. The number of hydrogen-bond acceptors (Lipinski definition) is 8. The van der Waals surface area contributed by atoms with Gasteiger partial charge in [0.2, 0.25) is 5.91 Å². The third kappa shape index (κ3) is 9.75. The van der Waals surface area contributed by atoms with Gasteiger partial charge in [-0.25, -0.2) is 0 Å². The summed E-state index contributed by atoms with van der Waals surface area (Å²) in [4.78, 5) is 25.5. The van der Waals surface area contributed by atoms with E-state index in [2.05, 4.69) is 34.5 Å². The molecule has 3 fully saturated rings. The molecule has 3 unspecified atom stereocenters. The lowest BCUT2D eigenvalue weighted by Crippen LogP contribution is -2.48. The van der Waals surface area contributed by atoms with Crippen LogP contribution in [0.4, 0.5) is 0 Å². The molecule has 3 aromatic carbocycles. The number of benzene rings is 3. The number of unbranched alkanes of at least 4 members (excludes halogenated alkanes) is 2. The predicted octanol–water partition coefficient (Wildman–Crippen LogP) is 5.88. The standard InChI is InChI=1S/C39H48N2O8/c42-27-28-12-14-30(15-13-28)35-24-34(26-41-18-16-39(17-19-41)46-20-21-47-39)48-38(49-35)33-9-5-8-32(23-33)31-7-4-6-29(22-31)25-40-36(43)10-2-1-3-11-37(44)45/h4-9,12-15,22-23,34-35,38,42H,1-3,10-11,16-21,24-27H2,(H,40,43)(H,44,45). The minimum absolute atomic E-state index is 0.000585. The van der Waals surface area contributed by atoms with Crippen LogP contribution in [0.2, 0.25) is 0 Å². The summed E-state index contributed by atoms with van der Waals surface area (Å²) in [6, 6.07) is 24.4. The number of piperidine rings is 1. The number of aliphatic carboxylic acids is 1. The highest BCUT2D eigenvalue weighted by Gasteiger charge is 2.41. The number of hydrogen-bond donors (Lipinski definition) is 3. The van der Waals surface area contributed by atoms with E-state index in [1.54, 1.807) is 0 Å². The van der Waals surface area contributed by atoms with Gasteiger partial charge in [0.15, 0.2) is 12.1 Å². The van der Waals surface area contributed by atoms with Crippen LogP contribution in [0.5, 0.6) is 0 Å². The Morgan fingerprint density at radius 2 is 1.53 bits per heavy atom. The largest absolute Gasteiger partial charge is 0.481 e. The van der Waals surface area contributed by atoms with Gasteiger partial charge in [-0.3, -0.25) is 9.59 Å². The van der Waals surface area contributed by atoms with Crippen LogP contribution in [0.25, 0.3) is 11.1 Å². The van der Waals surface area contributed by atoms with Gasteiger partial charge in [-0.1, -0.05) is 67.1 Å². The summed E-state index contributed by atoms with van der Waals surface area (Å²) in [7, 11) is 0. The average molecular weight is 673 g/mol. The zero-order valence-electron chi connectivity index (χ0n) is 28.1. The molecule has 262 valence electrons. The summed E-state index contributed by atoms with van der Waals surface area (Å²) in [6.45, 7) is 4.32. The van der Waals surface area contributed by atoms with Gasteiger partial charge in [-0.15, -0.1) is 0 Å². The van der Waals surface area contributed by atoms with Gasteiger partial charge in [0, 0.05) is 63.8 Å². The molecule has 10 nitrogen and oxygen atoms in total. The number of rotatable bonds is 14. The highest BCUT2D eigenvalue weighted by atomic mass is 16.7. The Morgan fingerprint density at radius 1 is 0.816 bits per heavy atom. The topological polar surface area (TPSA) is 127 Å². The Kier molecular flexibility index (Phi) is 12.1. The number of likely N-dealkylation sites (tertiary alicyclic amines) is 1. The quantitative estimate of drug-likeness (QED) is 0.180. The van der Waals surface area contributed by atoms with Crippen LogP contribution in [0.15, 0.2) is 72.8 Å². The Hall–Kier alpha value is -3.64. The van der Waals surface area contributed by atoms with E-state index in [4.69, 9.17) is 24.1 Å². The summed E-state index contributed by atoms with van der Waals surface area (Å²) in [5.74, 6) is -1.25. The van der Waals surface area contributed by atoms with Crippen LogP contribution in [-0.2, 0) is 41.7 Å². The monoisotopic (exact) mass is 672 g/mol. The number of carboxylic acid groups (broad SMARTS) is 1. The summed E-state index contributed by atoms with van der Waals surface area (Å²) >= 11 is 0. The fourth-order valence-electron chi connectivity index (χ4n) is 6.94. The van der Waals surface area contributed by atoms with Crippen molar-refractivity contribution in [3.05, 3.63) is 95.1 Å². The van der Waals surface area contributed by atoms with Crippen molar-refractivity contribution in [2.24, 2.45) is 0 Å². The number of carbonyl (C=O) groups is 2. The predicted molar refractivity (Wildman–Crippen MR) is 183 cm³/mol. The van der Waals surface area contributed by atoms with Gasteiger partial charge in [0.25, 0.3) is 0 Å². The molecule has 0 radical (unpaired) electrons. The van der Waals surface area contributed by atoms with E-state index in [0.29, 0.717) is 39.0 Å². The average Bonchev–Trinajstić information content (AvgIpc) is 3.59. The van der Waals surface area contributed by atoms with E-state index in [9.17, 15) is 14.7 Å². The van der Waals surface area contributed by atoms with Crippen LogP contribution in [-0.4, -0.2) is 71.7 Å². The number of aliphatic hydroxyl groups is 1. The normalized spacial score (nSPS) is 22.3. The highest BCUT2D eigenvalue weighted by Crippen LogP contribution is 2.40. The third-order valence-electron chi connectivity index (χ3n) is 9.71. The minimum atomic E-state index is -0.802. The Labute approximate surface area is 288 Å². The van der Waals surface area contributed by atoms with Crippen LogP contribution < -0.4 is 5.32 Å². The van der Waals surface area contributed by atoms with Crippen molar-refractivity contribution >= 4 is 11.9 Å². The lowest BCUT2D eigenvalue weighted by molar-refractivity contribution is -0.255. The van der Waals surface area contributed by atoms with Crippen molar-refractivity contribution in [3.8, 4) is 11.1 Å². The molecule has 49 heavy (non-hydrogen) atoms. The zero-order chi connectivity index (χ0) is 34.1. The van der Waals surface area contributed by atoms with Crippen LogP contribution in [0.3, 0.4) is 0 Å². The second-order valence-corrected chi connectivity index (χ2v) is 13.3.